The Morgan fingerprint density at radius 3 is 2.76 bits per heavy atom. The molecule has 1 fully saturated rings. The fraction of sp³-hybridized carbons (Fsp3) is 0.462. The van der Waals surface area contributed by atoms with E-state index >= 15 is 0 Å². The van der Waals surface area contributed by atoms with Crippen LogP contribution in [0.15, 0.2) is 18.5 Å². The molecule has 2 aromatic heterocycles. The molecule has 0 unspecified atom stereocenters. The number of hydrogen-bond donors (Lipinski definition) is 1. The first-order valence-corrected chi connectivity index (χ1v) is 6.52. The number of aromatic nitrogens is 4. The zero-order chi connectivity index (χ0) is 15.2. The highest BCUT2D eigenvalue weighted by Gasteiger charge is 2.43. The van der Waals surface area contributed by atoms with E-state index in [1.54, 1.807) is 10.9 Å². The third-order valence-corrected chi connectivity index (χ3v) is 3.81. The Hall–Kier alpha value is -2.12. The van der Waals surface area contributed by atoms with Crippen LogP contribution in [0.4, 0.5) is 19.0 Å². The number of rotatable bonds is 3. The Morgan fingerprint density at radius 1 is 1.38 bits per heavy atom. The molecule has 0 spiro atoms. The summed E-state index contributed by atoms with van der Waals surface area (Å²) < 4.78 is 40.4. The van der Waals surface area contributed by atoms with Gasteiger partial charge >= 0.3 is 6.18 Å². The molecule has 1 N–H and O–H groups in total. The second kappa shape index (κ2) is 4.71. The van der Waals surface area contributed by atoms with Crippen molar-refractivity contribution in [2.75, 3.05) is 5.32 Å². The molecule has 8 heteroatoms. The fourth-order valence-corrected chi connectivity index (χ4v) is 2.42. The summed E-state index contributed by atoms with van der Waals surface area (Å²) in [6, 6.07) is 0.868. The van der Waals surface area contributed by atoms with Gasteiger partial charge in [-0.2, -0.15) is 23.4 Å². The van der Waals surface area contributed by atoms with Crippen molar-refractivity contribution in [1.82, 2.24) is 20.0 Å². The van der Waals surface area contributed by atoms with Gasteiger partial charge in [0.15, 0.2) is 5.82 Å². The summed E-state index contributed by atoms with van der Waals surface area (Å²) in [7, 11) is 1.84. The molecule has 1 aliphatic carbocycles. The fourth-order valence-electron chi connectivity index (χ4n) is 2.42. The lowest BCUT2D eigenvalue weighted by atomic mass is 10.1. The van der Waals surface area contributed by atoms with Gasteiger partial charge in [-0.05, 0) is 25.0 Å². The van der Waals surface area contributed by atoms with E-state index in [4.69, 9.17) is 0 Å². The second-order valence-corrected chi connectivity index (χ2v) is 5.19. The van der Waals surface area contributed by atoms with Crippen molar-refractivity contribution >= 4 is 5.82 Å². The number of halogens is 3. The van der Waals surface area contributed by atoms with Crippen molar-refractivity contribution in [2.24, 2.45) is 7.05 Å². The van der Waals surface area contributed by atoms with Crippen LogP contribution in [0.5, 0.6) is 0 Å². The lowest BCUT2D eigenvalue weighted by molar-refractivity contribution is -0.137. The quantitative estimate of drug-likeness (QED) is 0.945. The highest BCUT2D eigenvalue weighted by atomic mass is 19.4. The third kappa shape index (κ3) is 2.57. The van der Waals surface area contributed by atoms with E-state index in [1.807, 2.05) is 14.0 Å². The SMILES string of the molecule is Cc1c([C@@H]2C[C@H]2Nc2nnccc2C(F)(F)F)cnn1C. The molecule has 0 radical (unpaired) electrons. The maximum Gasteiger partial charge on any atom is 0.420 e. The van der Waals surface area contributed by atoms with Crippen molar-refractivity contribution in [2.45, 2.75) is 31.5 Å². The largest absolute Gasteiger partial charge is 0.420 e. The van der Waals surface area contributed by atoms with Crippen LogP contribution in [0.3, 0.4) is 0 Å². The molecule has 0 aromatic carbocycles. The smallest absolute Gasteiger partial charge is 0.365 e. The minimum absolute atomic E-state index is 0.0642. The maximum atomic E-state index is 12.9. The van der Waals surface area contributed by atoms with E-state index in [9.17, 15) is 13.2 Å². The number of aryl methyl sites for hydroxylation is 1. The monoisotopic (exact) mass is 297 g/mol. The van der Waals surface area contributed by atoms with E-state index < -0.39 is 11.7 Å². The van der Waals surface area contributed by atoms with Crippen LogP contribution in [0.25, 0.3) is 0 Å². The Kier molecular flexibility index (Phi) is 3.11. The Balaban J connectivity index is 1.77. The summed E-state index contributed by atoms with van der Waals surface area (Å²) in [5.41, 5.74) is 1.30. The standard InChI is InChI=1S/C13H14F3N5/c1-7-9(6-18-21(7)2)8-5-11(8)19-12-10(13(14,15)16)3-4-17-20-12/h3-4,6,8,11H,5H2,1-2H3,(H,19,20)/t8-,11+/m0/s1. The molecule has 0 saturated heterocycles. The first kappa shape index (κ1) is 13.8. The van der Waals surface area contributed by atoms with Gasteiger partial charge in [0, 0.05) is 24.7 Å². The Morgan fingerprint density at radius 2 is 2.14 bits per heavy atom. The van der Waals surface area contributed by atoms with Gasteiger partial charge in [-0.15, -0.1) is 5.10 Å². The second-order valence-electron chi connectivity index (χ2n) is 5.19. The van der Waals surface area contributed by atoms with Crippen molar-refractivity contribution in [3.8, 4) is 0 Å². The lowest BCUT2D eigenvalue weighted by Gasteiger charge is -2.12. The van der Waals surface area contributed by atoms with E-state index in [0.717, 1.165) is 29.9 Å². The van der Waals surface area contributed by atoms with Gasteiger partial charge in [0.05, 0.1) is 12.4 Å². The lowest BCUT2D eigenvalue weighted by Crippen LogP contribution is -2.15. The minimum atomic E-state index is -4.44. The van der Waals surface area contributed by atoms with E-state index in [-0.39, 0.29) is 17.8 Å². The van der Waals surface area contributed by atoms with Crippen molar-refractivity contribution in [3.63, 3.8) is 0 Å². The van der Waals surface area contributed by atoms with Crippen molar-refractivity contribution in [1.29, 1.82) is 0 Å². The van der Waals surface area contributed by atoms with Gasteiger partial charge in [0.1, 0.15) is 5.56 Å². The Bertz CT molecular complexity index is 664. The summed E-state index contributed by atoms with van der Waals surface area (Å²) in [6.45, 7) is 1.95. The maximum absolute atomic E-state index is 12.9. The molecule has 5 nitrogen and oxygen atoms in total. The first-order chi connectivity index (χ1) is 9.88. The number of hydrogen-bond acceptors (Lipinski definition) is 4. The molecule has 1 saturated carbocycles. The molecule has 21 heavy (non-hydrogen) atoms. The zero-order valence-corrected chi connectivity index (χ0v) is 11.5. The third-order valence-electron chi connectivity index (χ3n) is 3.81. The van der Waals surface area contributed by atoms with E-state index in [2.05, 4.69) is 20.6 Å². The van der Waals surface area contributed by atoms with Crippen LogP contribution in [0.1, 0.15) is 29.2 Å². The topological polar surface area (TPSA) is 55.6 Å². The molecular formula is C13H14F3N5. The summed E-state index contributed by atoms with van der Waals surface area (Å²) >= 11 is 0. The van der Waals surface area contributed by atoms with Gasteiger partial charge in [-0.1, -0.05) is 0 Å². The van der Waals surface area contributed by atoms with Gasteiger partial charge in [0.25, 0.3) is 0 Å². The number of nitrogens with one attached hydrogen (secondary N) is 1. The molecule has 0 bridgehead atoms. The molecule has 2 atom stereocenters. The minimum Gasteiger partial charge on any atom is -0.365 e. The van der Waals surface area contributed by atoms with Crippen LogP contribution < -0.4 is 5.32 Å². The molecule has 112 valence electrons. The number of anilines is 1. The van der Waals surface area contributed by atoms with Crippen LogP contribution in [-0.2, 0) is 13.2 Å². The molecule has 2 aromatic rings. The normalized spacial score (nSPS) is 21.4. The van der Waals surface area contributed by atoms with Crippen LogP contribution in [-0.4, -0.2) is 26.0 Å². The van der Waals surface area contributed by atoms with Crippen molar-refractivity contribution in [3.05, 3.63) is 35.3 Å². The zero-order valence-electron chi connectivity index (χ0n) is 11.5. The van der Waals surface area contributed by atoms with Crippen LogP contribution in [0.2, 0.25) is 0 Å². The van der Waals surface area contributed by atoms with Crippen LogP contribution >= 0.6 is 0 Å². The van der Waals surface area contributed by atoms with Gasteiger partial charge in [0.2, 0.25) is 0 Å². The summed E-state index contributed by atoms with van der Waals surface area (Å²) in [6.07, 6.45) is -0.861. The van der Waals surface area contributed by atoms with Crippen LogP contribution in [0, 0.1) is 6.92 Å². The predicted molar refractivity (Wildman–Crippen MR) is 69.7 cm³/mol. The predicted octanol–water partition coefficient (Wildman–Crippen LogP) is 2.51. The van der Waals surface area contributed by atoms with E-state index in [1.165, 1.54) is 0 Å². The molecule has 0 amide bonds. The van der Waals surface area contributed by atoms with E-state index in [0.29, 0.717) is 0 Å². The summed E-state index contributed by atoms with van der Waals surface area (Å²) in [5, 5.41) is 14.1. The molecule has 1 aliphatic rings. The van der Waals surface area contributed by atoms with Gasteiger partial charge in [-0.3, -0.25) is 4.68 Å². The number of nitrogens with zero attached hydrogens (tertiary/aromatic N) is 4. The van der Waals surface area contributed by atoms with Gasteiger partial charge in [-0.25, -0.2) is 0 Å². The number of alkyl halides is 3. The highest BCUT2D eigenvalue weighted by molar-refractivity contribution is 5.48. The molecule has 2 heterocycles. The van der Waals surface area contributed by atoms with Gasteiger partial charge < -0.3 is 5.32 Å². The molecular weight excluding hydrogens is 283 g/mol. The molecule has 0 aliphatic heterocycles. The molecule has 3 rings (SSSR count). The summed E-state index contributed by atoms with van der Waals surface area (Å²) in [4.78, 5) is 0. The highest BCUT2D eigenvalue weighted by Crippen LogP contribution is 2.45. The average molecular weight is 297 g/mol. The average Bonchev–Trinajstić information content (AvgIpc) is 3.09. The Labute approximate surface area is 119 Å². The summed E-state index contributed by atoms with van der Waals surface area (Å²) in [5.74, 6) is -0.0409. The first-order valence-electron chi connectivity index (χ1n) is 6.52. The van der Waals surface area contributed by atoms with Crippen molar-refractivity contribution < 1.29 is 13.2 Å².